The summed E-state index contributed by atoms with van der Waals surface area (Å²) in [5, 5.41) is 0. The van der Waals surface area contributed by atoms with Crippen LogP contribution in [0.1, 0.15) is 84.0 Å². The Morgan fingerprint density at radius 2 is 1.44 bits per heavy atom. The molecule has 2 rings (SSSR count). The third-order valence-corrected chi connectivity index (χ3v) is 5.36. The van der Waals surface area contributed by atoms with E-state index in [1.165, 1.54) is 77.0 Å². The van der Waals surface area contributed by atoms with Gasteiger partial charge in [0.1, 0.15) is 0 Å². The summed E-state index contributed by atoms with van der Waals surface area (Å²) in [6.45, 7) is 2.29. The van der Waals surface area contributed by atoms with Gasteiger partial charge in [0.25, 0.3) is 0 Å². The van der Waals surface area contributed by atoms with E-state index in [4.69, 9.17) is 5.73 Å². The van der Waals surface area contributed by atoms with Crippen LogP contribution in [0.25, 0.3) is 0 Å². The van der Waals surface area contributed by atoms with Crippen LogP contribution in [0.3, 0.4) is 0 Å². The van der Waals surface area contributed by atoms with E-state index in [2.05, 4.69) is 6.92 Å². The molecule has 0 amide bonds. The Bertz CT molecular complexity index is 214. The average molecular weight is 251 g/mol. The Hall–Kier alpha value is -0.0400. The van der Waals surface area contributed by atoms with Crippen molar-refractivity contribution in [3.05, 3.63) is 0 Å². The topological polar surface area (TPSA) is 26.0 Å². The van der Waals surface area contributed by atoms with E-state index in [0.717, 1.165) is 17.8 Å². The summed E-state index contributed by atoms with van der Waals surface area (Å²) >= 11 is 0. The lowest BCUT2D eigenvalue weighted by Crippen LogP contribution is -2.23. The predicted molar refractivity (Wildman–Crippen MR) is 79.5 cm³/mol. The molecule has 2 aliphatic rings. The number of hydrogen-bond donors (Lipinski definition) is 1. The first-order valence-corrected chi connectivity index (χ1v) is 8.60. The molecule has 1 nitrogen and oxygen atoms in total. The lowest BCUT2D eigenvalue weighted by Gasteiger charge is -2.11. The molecule has 0 aromatic heterocycles. The first kappa shape index (κ1) is 14.4. The molecule has 0 heterocycles. The molecule has 0 aromatic rings. The summed E-state index contributed by atoms with van der Waals surface area (Å²) in [5.74, 6) is 3.00. The first-order chi connectivity index (χ1) is 8.84. The molecule has 3 atom stereocenters. The molecule has 0 radical (unpaired) electrons. The van der Waals surface area contributed by atoms with Crippen molar-refractivity contribution >= 4 is 0 Å². The van der Waals surface area contributed by atoms with E-state index in [9.17, 15) is 0 Å². The Kier molecular flexibility index (Phi) is 6.01. The summed E-state index contributed by atoms with van der Waals surface area (Å²) in [6.07, 6.45) is 17.1. The SMILES string of the molecule is CCCCCCCCCC(N)C1C2CCCCC21. The number of unbranched alkanes of at least 4 members (excludes halogenated alkanes) is 6. The maximum atomic E-state index is 6.40. The molecule has 0 spiro atoms. The van der Waals surface area contributed by atoms with Gasteiger partial charge in [-0.25, -0.2) is 0 Å². The van der Waals surface area contributed by atoms with Crippen molar-refractivity contribution in [3.8, 4) is 0 Å². The van der Waals surface area contributed by atoms with Gasteiger partial charge in [-0.3, -0.25) is 0 Å². The van der Waals surface area contributed by atoms with Gasteiger partial charge in [-0.1, -0.05) is 64.7 Å². The van der Waals surface area contributed by atoms with E-state index in [-0.39, 0.29) is 0 Å². The molecule has 18 heavy (non-hydrogen) atoms. The van der Waals surface area contributed by atoms with Gasteiger partial charge in [-0.05, 0) is 37.0 Å². The van der Waals surface area contributed by atoms with Crippen LogP contribution in [0.5, 0.6) is 0 Å². The third kappa shape index (κ3) is 3.98. The van der Waals surface area contributed by atoms with Crippen LogP contribution in [0.4, 0.5) is 0 Å². The van der Waals surface area contributed by atoms with Crippen LogP contribution >= 0.6 is 0 Å². The van der Waals surface area contributed by atoms with Crippen molar-refractivity contribution in [2.45, 2.75) is 90.0 Å². The first-order valence-electron chi connectivity index (χ1n) is 8.60. The summed E-state index contributed by atoms with van der Waals surface area (Å²) in [5.41, 5.74) is 6.40. The fourth-order valence-electron chi connectivity index (χ4n) is 4.21. The maximum Gasteiger partial charge on any atom is 0.00726 e. The minimum absolute atomic E-state index is 0.536. The minimum atomic E-state index is 0.536. The summed E-state index contributed by atoms with van der Waals surface area (Å²) < 4.78 is 0. The van der Waals surface area contributed by atoms with Gasteiger partial charge in [-0.15, -0.1) is 0 Å². The van der Waals surface area contributed by atoms with Crippen LogP contribution in [-0.2, 0) is 0 Å². The van der Waals surface area contributed by atoms with E-state index in [1.807, 2.05) is 0 Å². The van der Waals surface area contributed by atoms with E-state index in [1.54, 1.807) is 0 Å². The largest absolute Gasteiger partial charge is 0.327 e. The molecular weight excluding hydrogens is 218 g/mol. The van der Waals surface area contributed by atoms with Crippen LogP contribution < -0.4 is 5.73 Å². The Morgan fingerprint density at radius 3 is 2.06 bits per heavy atom. The average Bonchev–Trinajstić information content (AvgIpc) is 3.12. The van der Waals surface area contributed by atoms with Crippen LogP contribution in [-0.4, -0.2) is 6.04 Å². The highest BCUT2D eigenvalue weighted by Crippen LogP contribution is 2.57. The molecule has 0 aromatic carbocycles. The molecular formula is C17H33N. The monoisotopic (exact) mass is 251 g/mol. The van der Waals surface area contributed by atoms with Gasteiger partial charge >= 0.3 is 0 Å². The van der Waals surface area contributed by atoms with Crippen molar-refractivity contribution in [3.63, 3.8) is 0 Å². The lowest BCUT2D eigenvalue weighted by atomic mass is 10.0. The molecule has 2 N–H and O–H groups in total. The summed E-state index contributed by atoms with van der Waals surface area (Å²) in [6, 6.07) is 0.536. The van der Waals surface area contributed by atoms with E-state index >= 15 is 0 Å². The molecule has 106 valence electrons. The minimum Gasteiger partial charge on any atom is -0.327 e. The van der Waals surface area contributed by atoms with Crippen molar-refractivity contribution in [1.29, 1.82) is 0 Å². The highest BCUT2D eigenvalue weighted by molar-refractivity contribution is 5.03. The van der Waals surface area contributed by atoms with Crippen LogP contribution in [0.2, 0.25) is 0 Å². The standard InChI is InChI=1S/C17H33N/c1-2-3-4-5-6-7-8-13-16(18)17-14-11-9-10-12-15(14)17/h14-17H,2-13,18H2,1H3. The van der Waals surface area contributed by atoms with Gasteiger partial charge in [-0.2, -0.15) is 0 Å². The molecule has 0 bridgehead atoms. The van der Waals surface area contributed by atoms with E-state index in [0.29, 0.717) is 6.04 Å². The highest BCUT2D eigenvalue weighted by atomic mass is 14.7. The Balaban J connectivity index is 1.47. The van der Waals surface area contributed by atoms with Gasteiger partial charge in [0.05, 0.1) is 0 Å². The Morgan fingerprint density at radius 1 is 0.889 bits per heavy atom. The van der Waals surface area contributed by atoms with Gasteiger partial charge < -0.3 is 5.73 Å². The van der Waals surface area contributed by atoms with Crippen molar-refractivity contribution in [2.75, 3.05) is 0 Å². The Labute approximate surface area is 114 Å². The van der Waals surface area contributed by atoms with Crippen molar-refractivity contribution in [1.82, 2.24) is 0 Å². The molecule has 3 unspecified atom stereocenters. The number of rotatable bonds is 9. The van der Waals surface area contributed by atoms with Crippen molar-refractivity contribution < 1.29 is 0 Å². The van der Waals surface area contributed by atoms with Crippen LogP contribution in [0.15, 0.2) is 0 Å². The second kappa shape index (κ2) is 7.53. The highest BCUT2D eigenvalue weighted by Gasteiger charge is 2.52. The van der Waals surface area contributed by atoms with Gasteiger partial charge in [0, 0.05) is 6.04 Å². The zero-order valence-electron chi connectivity index (χ0n) is 12.4. The van der Waals surface area contributed by atoms with E-state index < -0.39 is 0 Å². The van der Waals surface area contributed by atoms with Gasteiger partial charge in [0.15, 0.2) is 0 Å². The maximum absolute atomic E-state index is 6.40. The predicted octanol–water partition coefficient (Wildman–Crippen LogP) is 4.89. The quantitative estimate of drug-likeness (QED) is 0.580. The number of hydrogen-bond acceptors (Lipinski definition) is 1. The molecule has 1 heteroatoms. The second-order valence-corrected chi connectivity index (χ2v) is 6.76. The van der Waals surface area contributed by atoms with Crippen LogP contribution in [0, 0.1) is 17.8 Å². The molecule has 0 aliphatic heterocycles. The number of fused-ring (bicyclic) bond motifs is 1. The van der Waals surface area contributed by atoms with Crippen molar-refractivity contribution in [2.24, 2.45) is 23.5 Å². The summed E-state index contributed by atoms with van der Waals surface area (Å²) in [7, 11) is 0. The fraction of sp³-hybridized carbons (Fsp3) is 1.00. The molecule has 0 saturated heterocycles. The zero-order valence-corrected chi connectivity index (χ0v) is 12.4. The smallest absolute Gasteiger partial charge is 0.00726 e. The molecule has 2 aliphatic carbocycles. The zero-order chi connectivity index (χ0) is 12.8. The molecule has 2 fully saturated rings. The lowest BCUT2D eigenvalue weighted by molar-refractivity contribution is 0.468. The van der Waals surface area contributed by atoms with Gasteiger partial charge in [0.2, 0.25) is 0 Å². The number of nitrogens with two attached hydrogens (primary N) is 1. The third-order valence-electron chi connectivity index (χ3n) is 5.36. The summed E-state index contributed by atoms with van der Waals surface area (Å²) in [4.78, 5) is 0. The normalized spacial score (nSPS) is 32.0. The molecule has 2 saturated carbocycles. The second-order valence-electron chi connectivity index (χ2n) is 6.76. The fourth-order valence-corrected chi connectivity index (χ4v) is 4.21.